The Labute approximate surface area is 377 Å². The molecule has 0 fully saturated rings. The monoisotopic (exact) mass is 956 g/mol. The van der Waals surface area contributed by atoms with Gasteiger partial charge in [0.1, 0.15) is 42.0 Å². The lowest BCUT2D eigenvalue weighted by molar-refractivity contribution is -0.149. The number of esters is 1. The first-order valence-corrected chi connectivity index (χ1v) is 22.7. The molecule has 0 heterocycles. The topological polar surface area (TPSA) is 314 Å². The summed E-state index contributed by atoms with van der Waals surface area (Å²) in [4.78, 5) is 116. The normalized spacial score (nSPS) is 14.5. The van der Waals surface area contributed by atoms with Crippen LogP contribution >= 0.6 is 73.0 Å². The number of nitrogens with two attached hydrogens (primary N) is 1. The highest BCUT2D eigenvalue weighted by Crippen LogP contribution is 2.13. The number of thiol groups is 5. The Morgan fingerprint density at radius 3 is 1.65 bits per heavy atom. The zero-order valence-electron chi connectivity index (χ0n) is 32.3. The fourth-order valence-electron chi connectivity index (χ4n) is 4.91. The molecule has 0 aliphatic rings. The summed E-state index contributed by atoms with van der Waals surface area (Å²) in [7, 11) is 1.06. The van der Waals surface area contributed by atoms with Crippen molar-refractivity contribution in [3.8, 4) is 5.75 Å². The number of carbonyl (C=O) groups is 9. The third-order valence-electron chi connectivity index (χ3n) is 8.13. The molecule has 11 N–H and O–H groups in total. The van der Waals surface area contributed by atoms with Crippen molar-refractivity contribution in [1.82, 2.24) is 37.4 Å². The van der Waals surface area contributed by atoms with Crippen LogP contribution in [0, 0.1) is 0 Å². The maximum absolute atomic E-state index is 13.9. The van der Waals surface area contributed by atoms with E-state index in [1.807, 2.05) is 0 Å². The number of amides is 5. The van der Waals surface area contributed by atoms with Gasteiger partial charge in [0.2, 0.25) is 41.1 Å². The molecule has 336 valence electrons. The molecule has 0 aromatic heterocycles. The van der Waals surface area contributed by atoms with Crippen molar-refractivity contribution >= 4 is 126 Å². The Balaban J connectivity index is 3.30. The predicted octanol–water partition coefficient (Wildman–Crippen LogP) is -2.25. The lowest BCUT2D eigenvalue weighted by Crippen LogP contribution is -2.62. The van der Waals surface area contributed by atoms with Crippen LogP contribution in [0.5, 0.6) is 5.75 Å². The number of Topliss-reactive ketones (excluding diaryl/α,β-unsaturated/α-hetero) is 2. The van der Waals surface area contributed by atoms with Crippen LogP contribution in [0.15, 0.2) is 24.3 Å². The molecule has 7 atom stereocenters. The number of carbonyl (C=O) groups excluding carboxylic acids is 8. The predicted molar refractivity (Wildman–Crippen MR) is 239 cm³/mol. The van der Waals surface area contributed by atoms with E-state index < -0.39 is 115 Å². The summed E-state index contributed by atoms with van der Waals surface area (Å²) in [6.45, 7) is 1.78. The average Bonchev–Trinajstić information content (AvgIpc) is 3.21. The number of carboxylic acid groups (broad SMARTS) is 1. The summed E-state index contributed by atoms with van der Waals surface area (Å²) >= 11 is 20.5. The van der Waals surface area contributed by atoms with E-state index in [0.717, 1.165) is 10.8 Å². The van der Waals surface area contributed by atoms with Gasteiger partial charge in [0.05, 0.1) is 24.9 Å². The number of hydrazine groups is 1. The number of benzene rings is 1. The average molecular weight is 957 g/mol. The lowest BCUT2D eigenvalue weighted by atomic mass is 10.0. The first kappa shape index (κ1) is 54.6. The van der Waals surface area contributed by atoms with Gasteiger partial charge in [-0.25, -0.2) is 15.6 Å². The van der Waals surface area contributed by atoms with Crippen LogP contribution in [-0.4, -0.2) is 141 Å². The number of phenolic OH excluding ortho intramolecular Hbond substituents is 1. The van der Waals surface area contributed by atoms with Gasteiger partial charge in [-0.05, 0) is 30.5 Å². The van der Waals surface area contributed by atoms with Gasteiger partial charge in [-0.3, -0.25) is 43.7 Å². The van der Waals surface area contributed by atoms with E-state index in [4.69, 9.17) is 10.5 Å². The summed E-state index contributed by atoms with van der Waals surface area (Å²) in [5, 5.41) is 31.7. The quantitative estimate of drug-likeness (QED) is 0.00934. The highest BCUT2D eigenvalue weighted by molar-refractivity contribution is 8.68. The number of carboxylic acids is 1. The summed E-state index contributed by atoms with van der Waals surface area (Å²) in [5.74, 6) is -9.36. The minimum absolute atomic E-state index is 0.0342. The largest absolute Gasteiger partial charge is 0.508 e. The van der Waals surface area contributed by atoms with E-state index in [1.54, 1.807) is 6.92 Å². The number of aliphatic carboxylic acids is 1. The zero-order chi connectivity index (χ0) is 45.4. The van der Waals surface area contributed by atoms with Crippen molar-refractivity contribution in [2.45, 2.75) is 81.3 Å². The fourth-order valence-corrected chi connectivity index (χ4v) is 6.47. The Hall–Kier alpha value is -3.37. The minimum Gasteiger partial charge on any atom is -0.508 e. The van der Waals surface area contributed by atoms with E-state index in [-0.39, 0.29) is 47.7 Å². The molecule has 0 unspecified atom stereocenters. The molecule has 60 heavy (non-hydrogen) atoms. The first-order chi connectivity index (χ1) is 28.5. The number of rotatable bonds is 31. The standard InChI is InChI=1S/C34H52N8O12S6/c1-2-9-54-34(53)21(11-26(35)44)39-33(52)25(15-58)42-41-24(14-57)32(51)38-20(10-17-3-5-18(43)6-4-17)31(50)37-19(7-8-27(45)46)30(49)40-23(13-56)29(48)28(47)22(12-55)36-16-60-59/h3-6,19-25,36,41-43,55-59H,2,7-16H2,1H3,(H2,35,44)(H,37,50)(H,38,51)(H,39,52)(H,40,49)(H,45,46)/t19-,20-,21-,22-,23-,24-,25-/m0/s1. The minimum atomic E-state index is -1.59. The second-order valence-corrected chi connectivity index (χ2v) is 15.6. The number of phenols is 1. The summed E-state index contributed by atoms with van der Waals surface area (Å²) in [6, 6.07) is -3.82. The molecule has 1 aromatic rings. The van der Waals surface area contributed by atoms with Crippen LogP contribution in [0.25, 0.3) is 0 Å². The van der Waals surface area contributed by atoms with Crippen molar-refractivity contribution in [3.05, 3.63) is 29.8 Å². The Morgan fingerprint density at radius 2 is 1.17 bits per heavy atom. The molecule has 0 saturated heterocycles. The second kappa shape index (κ2) is 29.8. The van der Waals surface area contributed by atoms with Crippen LogP contribution in [0.4, 0.5) is 0 Å². The van der Waals surface area contributed by atoms with Gasteiger partial charge in [0.15, 0.2) is 0 Å². The number of primary amides is 1. The number of hydrogen-bond acceptors (Lipinski definition) is 20. The molecule has 26 heteroatoms. The van der Waals surface area contributed by atoms with Crippen molar-refractivity contribution in [2.24, 2.45) is 5.73 Å². The summed E-state index contributed by atoms with van der Waals surface area (Å²) < 4.78 is 5.03. The molecule has 1 aromatic carbocycles. The second-order valence-electron chi connectivity index (χ2n) is 12.8. The first-order valence-electron chi connectivity index (χ1n) is 18.1. The Morgan fingerprint density at radius 1 is 0.700 bits per heavy atom. The SMILES string of the molecule is CCCOC(=O)[C@H](CC(N)=O)NC(=O)[C@H](CS)NN[C@@H](CS)C(=O)N[C@@H](Cc1ccc(O)cc1)C(=O)N[C@@H](CCC(=O)O)C(=O)N[C@@H](CS)C(=O)C(=O)[C@H](CS)NCSS. The van der Waals surface area contributed by atoms with Crippen molar-refractivity contribution in [2.75, 3.05) is 35.5 Å². The van der Waals surface area contributed by atoms with Gasteiger partial charge >= 0.3 is 11.9 Å². The van der Waals surface area contributed by atoms with E-state index in [0.29, 0.717) is 12.0 Å². The maximum Gasteiger partial charge on any atom is 0.329 e. The fraction of sp³-hybridized carbons (Fsp3) is 0.559. The maximum atomic E-state index is 13.9. The van der Waals surface area contributed by atoms with E-state index in [1.165, 1.54) is 24.3 Å². The molecule has 0 aliphatic carbocycles. The van der Waals surface area contributed by atoms with E-state index >= 15 is 0 Å². The van der Waals surface area contributed by atoms with Crippen molar-refractivity contribution < 1.29 is 58.1 Å². The number of nitrogens with one attached hydrogen (secondary N) is 7. The van der Waals surface area contributed by atoms with Crippen LogP contribution in [0.3, 0.4) is 0 Å². The van der Waals surface area contributed by atoms with Gasteiger partial charge in [-0.15, -0.1) is 11.7 Å². The molecule has 20 nitrogen and oxygen atoms in total. The lowest BCUT2D eigenvalue weighted by Gasteiger charge is -2.27. The van der Waals surface area contributed by atoms with Crippen molar-refractivity contribution in [3.63, 3.8) is 0 Å². The highest BCUT2D eigenvalue weighted by Gasteiger charge is 2.35. The molecule has 0 bridgehead atoms. The van der Waals surface area contributed by atoms with Gasteiger partial charge in [-0.1, -0.05) is 29.9 Å². The van der Waals surface area contributed by atoms with Gasteiger partial charge in [0.25, 0.3) is 0 Å². The summed E-state index contributed by atoms with van der Waals surface area (Å²) in [6.07, 6.45) is -1.37. The smallest absolute Gasteiger partial charge is 0.329 e. The zero-order valence-corrected chi connectivity index (χ0v) is 37.6. The van der Waals surface area contributed by atoms with E-state index in [2.05, 4.69) is 99.6 Å². The molecule has 0 radical (unpaired) electrons. The number of ketones is 2. The molecule has 0 saturated carbocycles. The molecule has 0 aliphatic heterocycles. The number of hydrogen-bond donors (Lipinski definition) is 15. The molecular formula is C34H52N8O12S6. The summed E-state index contributed by atoms with van der Waals surface area (Å²) in [5.41, 5.74) is 10.9. The number of ether oxygens (including phenoxy) is 1. The van der Waals surface area contributed by atoms with Crippen LogP contribution in [-0.2, 0) is 54.3 Å². The van der Waals surface area contributed by atoms with E-state index in [9.17, 15) is 53.4 Å². The van der Waals surface area contributed by atoms with Crippen molar-refractivity contribution in [1.29, 1.82) is 0 Å². The Kier molecular flexibility index (Phi) is 27.1. The third kappa shape index (κ3) is 20.0. The van der Waals surface area contributed by atoms with Crippen LogP contribution in [0.1, 0.15) is 38.2 Å². The van der Waals surface area contributed by atoms with Crippen LogP contribution < -0.4 is 43.2 Å². The number of aromatic hydroxyl groups is 1. The molecule has 1 rings (SSSR count). The Bertz CT molecular complexity index is 1630. The third-order valence-corrected chi connectivity index (χ3v) is 10.3. The van der Waals surface area contributed by atoms with Gasteiger partial charge < -0.3 is 42.0 Å². The van der Waals surface area contributed by atoms with Gasteiger partial charge in [-0.2, -0.15) is 50.5 Å². The van der Waals surface area contributed by atoms with Crippen LogP contribution in [0.2, 0.25) is 0 Å². The molecular weight excluding hydrogens is 905 g/mol. The molecule has 5 amide bonds. The molecule has 0 spiro atoms. The van der Waals surface area contributed by atoms with Gasteiger partial charge in [0, 0.05) is 35.9 Å². The highest BCUT2D eigenvalue weighted by atomic mass is 33.1.